The van der Waals surface area contributed by atoms with Crippen LogP contribution in [0.2, 0.25) is 5.02 Å². The number of hydrogen-bond donors (Lipinski definition) is 1. The molecular formula is C32H29ClN2O8. The van der Waals surface area contributed by atoms with Crippen molar-refractivity contribution in [2.75, 3.05) is 32.8 Å². The number of aromatic hydroxyl groups is 1. The Morgan fingerprint density at radius 1 is 0.977 bits per heavy atom. The average Bonchev–Trinajstić information content (AvgIpc) is 3.19. The van der Waals surface area contributed by atoms with E-state index in [1.807, 2.05) is 30.3 Å². The Kier molecular flexibility index (Phi) is 8.58. The van der Waals surface area contributed by atoms with E-state index in [0.717, 1.165) is 12.7 Å². The number of halogens is 1. The zero-order valence-electron chi connectivity index (χ0n) is 23.8. The van der Waals surface area contributed by atoms with Crippen molar-refractivity contribution in [2.45, 2.75) is 19.6 Å². The summed E-state index contributed by atoms with van der Waals surface area (Å²) in [6, 6.07) is 19.3. The van der Waals surface area contributed by atoms with Gasteiger partial charge in [-0.3, -0.25) is 9.69 Å². The fourth-order valence-corrected chi connectivity index (χ4v) is 5.32. The largest absolute Gasteiger partial charge is 0.506 e. The van der Waals surface area contributed by atoms with E-state index in [4.69, 9.17) is 30.5 Å². The van der Waals surface area contributed by atoms with Gasteiger partial charge < -0.3 is 28.6 Å². The van der Waals surface area contributed by atoms with Gasteiger partial charge >= 0.3 is 12.1 Å². The number of methoxy groups -OCH3 is 3. The van der Waals surface area contributed by atoms with Crippen LogP contribution in [-0.2, 0) is 29.0 Å². The first-order chi connectivity index (χ1) is 20.8. The highest BCUT2D eigenvalue weighted by Crippen LogP contribution is 2.42. The van der Waals surface area contributed by atoms with Gasteiger partial charge in [-0.15, -0.1) is 0 Å². The normalized spacial score (nSPS) is 12.0. The van der Waals surface area contributed by atoms with Crippen LogP contribution in [0, 0.1) is 0 Å². The van der Waals surface area contributed by atoms with E-state index in [-0.39, 0.29) is 31.7 Å². The number of carbonyl (C=O) groups is 2. The molecule has 222 valence electrons. The topological polar surface area (TPSA) is 117 Å². The van der Waals surface area contributed by atoms with Gasteiger partial charge in [0.15, 0.2) is 5.56 Å². The number of pyridine rings is 1. The number of amides is 1. The molecule has 0 unspecified atom stereocenters. The molecule has 11 heteroatoms. The average molecular weight is 605 g/mol. The van der Waals surface area contributed by atoms with Gasteiger partial charge in [-0.05, 0) is 42.3 Å². The lowest BCUT2D eigenvalue weighted by Gasteiger charge is -2.23. The minimum atomic E-state index is -0.986. The molecule has 1 amide bonds. The van der Waals surface area contributed by atoms with Gasteiger partial charge in [0.25, 0.3) is 5.56 Å². The molecule has 3 aromatic carbocycles. The smallest absolute Gasteiger partial charge is 0.414 e. The van der Waals surface area contributed by atoms with Crippen LogP contribution < -0.4 is 19.9 Å². The molecule has 0 fully saturated rings. The molecule has 10 nitrogen and oxygen atoms in total. The highest BCUT2D eigenvalue weighted by molar-refractivity contribution is 6.31. The second-order valence-electron chi connectivity index (χ2n) is 9.71. The Labute approximate surface area is 252 Å². The molecule has 0 atom stereocenters. The second kappa shape index (κ2) is 12.5. The van der Waals surface area contributed by atoms with E-state index in [9.17, 15) is 19.5 Å². The highest BCUT2D eigenvalue weighted by Gasteiger charge is 2.33. The number of hydrogen-bond acceptors (Lipinski definition) is 8. The Balaban J connectivity index is 1.69. The maximum Gasteiger partial charge on any atom is 0.414 e. The molecule has 1 aliphatic rings. The SMILES string of the molecule is COC(=O)c1c(O)c2c(n(Cc3ccc(OC)cc3OC)c1=O)-c1ccc(Cl)cc1N(C(=O)OCc1ccccc1)CC2. The van der Waals surface area contributed by atoms with Gasteiger partial charge in [0, 0.05) is 34.3 Å². The molecule has 4 aromatic rings. The monoisotopic (exact) mass is 604 g/mol. The van der Waals surface area contributed by atoms with Crippen molar-refractivity contribution >= 4 is 29.4 Å². The summed E-state index contributed by atoms with van der Waals surface area (Å²) in [5.74, 6) is -0.494. The van der Waals surface area contributed by atoms with E-state index in [1.165, 1.54) is 23.7 Å². The van der Waals surface area contributed by atoms with Crippen LogP contribution in [0.15, 0.2) is 71.5 Å². The van der Waals surface area contributed by atoms with Crippen LogP contribution in [0.5, 0.6) is 17.2 Å². The van der Waals surface area contributed by atoms with Gasteiger partial charge in [0.05, 0.1) is 39.3 Å². The van der Waals surface area contributed by atoms with E-state index < -0.39 is 28.9 Å². The molecule has 5 rings (SSSR count). The fraction of sp³-hybridized carbons (Fsp3) is 0.219. The number of esters is 1. The van der Waals surface area contributed by atoms with E-state index >= 15 is 0 Å². The van der Waals surface area contributed by atoms with E-state index in [2.05, 4.69) is 0 Å². The lowest BCUT2D eigenvalue weighted by molar-refractivity contribution is 0.0594. The molecule has 0 aliphatic carbocycles. The van der Waals surface area contributed by atoms with E-state index in [0.29, 0.717) is 39.0 Å². The second-order valence-corrected chi connectivity index (χ2v) is 10.2. The lowest BCUT2D eigenvalue weighted by Crippen LogP contribution is -2.33. The van der Waals surface area contributed by atoms with Crippen molar-refractivity contribution in [1.29, 1.82) is 0 Å². The van der Waals surface area contributed by atoms with Crippen molar-refractivity contribution in [1.82, 2.24) is 4.57 Å². The Bertz CT molecular complexity index is 1750. The molecule has 0 bridgehead atoms. The predicted octanol–water partition coefficient (Wildman–Crippen LogP) is 5.43. The first-order valence-electron chi connectivity index (χ1n) is 13.3. The third-order valence-electron chi connectivity index (χ3n) is 7.27. The Morgan fingerprint density at radius 2 is 1.74 bits per heavy atom. The van der Waals surface area contributed by atoms with Crippen molar-refractivity contribution in [3.05, 3.63) is 104 Å². The summed E-state index contributed by atoms with van der Waals surface area (Å²) in [5.41, 5.74) is 1.55. The molecule has 1 N–H and O–H groups in total. The summed E-state index contributed by atoms with van der Waals surface area (Å²) >= 11 is 6.40. The van der Waals surface area contributed by atoms with Crippen LogP contribution in [0.1, 0.15) is 27.0 Å². The molecule has 0 radical (unpaired) electrons. The quantitative estimate of drug-likeness (QED) is 0.278. The maximum atomic E-state index is 14.0. The molecule has 2 heterocycles. The van der Waals surface area contributed by atoms with Crippen LogP contribution >= 0.6 is 11.6 Å². The maximum absolute atomic E-state index is 14.0. The van der Waals surface area contributed by atoms with Gasteiger partial charge in [0.2, 0.25) is 0 Å². The van der Waals surface area contributed by atoms with Crippen LogP contribution in [0.25, 0.3) is 11.3 Å². The first kappa shape index (κ1) is 29.5. The number of rotatable bonds is 7. The summed E-state index contributed by atoms with van der Waals surface area (Å²) in [6.07, 6.45) is -0.559. The molecule has 1 aliphatic heterocycles. The molecule has 43 heavy (non-hydrogen) atoms. The highest BCUT2D eigenvalue weighted by atomic mass is 35.5. The number of carbonyl (C=O) groups excluding carboxylic acids is 2. The Morgan fingerprint density at radius 3 is 2.44 bits per heavy atom. The zero-order valence-corrected chi connectivity index (χ0v) is 24.5. The third kappa shape index (κ3) is 5.74. The zero-order chi connectivity index (χ0) is 30.7. The van der Waals surface area contributed by atoms with Crippen molar-refractivity contribution in [3.63, 3.8) is 0 Å². The summed E-state index contributed by atoms with van der Waals surface area (Å²) in [5, 5.41) is 11.7. The summed E-state index contributed by atoms with van der Waals surface area (Å²) in [4.78, 5) is 41.6. The molecular weight excluding hydrogens is 576 g/mol. The van der Waals surface area contributed by atoms with Gasteiger partial charge in [-0.1, -0.05) is 41.9 Å². The number of aromatic nitrogens is 1. The number of ether oxygens (including phenoxy) is 4. The summed E-state index contributed by atoms with van der Waals surface area (Å²) in [7, 11) is 4.15. The molecule has 0 spiro atoms. The summed E-state index contributed by atoms with van der Waals surface area (Å²) < 4.78 is 22.8. The summed E-state index contributed by atoms with van der Waals surface area (Å²) in [6.45, 7) is 0.0596. The van der Waals surface area contributed by atoms with Gasteiger partial charge in [-0.2, -0.15) is 0 Å². The lowest BCUT2D eigenvalue weighted by atomic mass is 9.99. The van der Waals surface area contributed by atoms with Crippen molar-refractivity contribution < 1.29 is 33.6 Å². The number of anilines is 1. The molecule has 0 saturated heterocycles. The number of fused-ring (bicyclic) bond motifs is 3. The van der Waals surface area contributed by atoms with Crippen molar-refractivity contribution in [2.24, 2.45) is 0 Å². The van der Waals surface area contributed by atoms with Crippen LogP contribution in [0.3, 0.4) is 0 Å². The predicted molar refractivity (Wildman–Crippen MR) is 160 cm³/mol. The fourth-order valence-electron chi connectivity index (χ4n) is 5.16. The molecule has 0 saturated carbocycles. The van der Waals surface area contributed by atoms with Gasteiger partial charge in [0.1, 0.15) is 23.9 Å². The van der Waals surface area contributed by atoms with Crippen LogP contribution in [0.4, 0.5) is 10.5 Å². The minimum Gasteiger partial charge on any atom is -0.506 e. The Hall–Kier alpha value is -4.96. The number of benzene rings is 3. The standard InChI is InChI=1S/C32H29ClN2O8/c1-40-22-11-9-20(26(16-22)41-2)17-35-28-23-12-10-21(33)15-25(23)34(32(39)43-18-19-7-5-4-6-8-19)14-13-24(28)29(36)27(30(35)37)31(38)42-3/h4-12,15-16,36H,13-14,17-18H2,1-3H3. The van der Waals surface area contributed by atoms with Crippen LogP contribution in [-0.4, -0.2) is 49.6 Å². The molecule has 1 aromatic heterocycles. The first-order valence-corrected chi connectivity index (χ1v) is 13.7. The van der Waals surface area contributed by atoms with E-state index in [1.54, 1.807) is 36.4 Å². The minimum absolute atomic E-state index is 0.0404. The van der Waals surface area contributed by atoms with Gasteiger partial charge in [-0.25, -0.2) is 9.59 Å². The number of nitrogens with zero attached hydrogens (tertiary/aromatic N) is 2. The van der Waals surface area contributed by atoms with Crippen molar-refractivity contribution in [3.8, 4) is 28.5 Å². The third-order valence-corrected chi connectivity index (χ3v) is 7.50.